The van der Waals surface area contributed by atoms with Crippen LogP contribution >= 0.6 is 0 Å². The zero-order valence-electron chi connectivity index (χ0n) is 7.98. The Morgan fingerprint density at radius 3 is 1.53 bits per heavy atom. The molecule has 0 saturated heterocycles. The van der Waals surface area contributed by atoms with E-state index in [4.69, 9.17) is 0 Å². The Kier molecular flexibility index (Phi) is 2.86. The van der Waals surface area contributed by atoms with Crippen LogP contribution in [0, 0.1) is 11.3 Å². The van der Waals surface area contributed by atoms with Crippen LogP contribution in [0.1, 0.15) is 6.92 Å². The highest BCUT2D eigenvalue weighted by Crippen LogP contribution is 2.67. The van der Waals surface area contributed by atoms with Crippen molar-refractivity contribution in [2.45, 2.75) is 19.3 Å². The molecule has 1 saturated carbocycles. The molecule has 0 radical (unpaired) electrons. The topological polar surface area (TPSA) is 51.2 Å². The van der Waals surface area contributed by atoms with Gasteiger partial charge in [-0.05, 0) is 6.92 Å². The second-order valence-electron chi connectivity index (χ2n) is 3.45. The Labute approximate surface area is 91.9 Å². The third-order valence-corrected chi connectivity index (χ3v) is 3.40. The number of carbonyl (C=O) groups is 1. The van der Waals surface area contributed by atoms with Crippen molar-refractivity contribution < 1.29 is 39.6 Å². The van der Waals surface area contributed by atoms with Gasteiger partial charge in [-0.2, -0.15) is 34.8 Å². The molecule has 0 spiro atoms. The van der Waals surface area contributed by atoms with Crippen LogP contribution < -0.4 is 0 Å². The number of alkyl halides is 6. The van der Waals surface area contributed by atoms with Crippen LogP contribution in [0.2, 0.25) is 0 Å². The first-order valence-electron chi connectivity index (χ1n) is 3.99. The van der Waals surface area contributed by atoms with Crippen LogP contribution in [0.3, 0.4) is 0 Å². The van der Waals surface area contributed by atoms with E-state index in [1.807, 2.05) is 0 Å². The summed E-state index contributed by atoms with van der Waals surface area (Å²) in [5.74, 6) is -4.18. The van der Waals surface area contributed by atoms with Crippen molar-refractivity contribution in [1.29, 1.82) is 0 Å². The number of halogens is 6. The summed E-state index contributed by atoms with van der Waals surface area (Å²) >= 11 is 0. The van der Waals surface area contributed by atoms with E-state index in [1.54, 1.807) is 0 Å². The number of hydrogen-bond acceptors (Lipinski definition) is 3. The fourth-order valence-electron chi connectivity index (χ4n) is 1.79. The van der Waals surface area contributed by atoms with E-state index >= 15 is 0 Å². The fourth-order valence-corrected chi connectivity index (χ4v) is 2.88. The molecular weight excluding hydrogens is 278 g/mol. The minimum Gasteiger partial charge on any atom is -0.299 e. The molecule has 1 fully saturated rings. The highest BCUT2D eigenvalue weighted by atomic mass is 32.2. The van der Waals surface area contributed by atoms with E-state index in [0.717, 1.165) is 0 Å². The SMILES string of the molecule is CC(=O)C1C(=S(=O)=O)C1(C(F)(F)F)C(F)(F)F. The molecule has 0 amide bonds. The number of Topliss-reactive ketones (excluding diaryl/α,β-unsaturated/α-hetero) is 1. The monoisotopic (exact) mass is 282 g/mol. The molecule has 0 aliphatic heterocycles. The molecule has 0 N–H and O–H groups in total. The maximum absolute atomic E-state index is 12.4. The third kappa shape index (κ3) is 1.65. The first kappa shape index (κ1) is 14.0. The molecule has 3 nitrogen and oxygen atoms in total. The quantitative estimate of drug-likeness (QED) is 0.539. The molecule has 1 atom stereocenters. The smallest absolute Gasteiger partial charge is 0.299 e. The lowest BCUT2D eigenvalue weighted by Gasteiger charge is -2.22. The molecule has 0 heterocycles. The molecule has 0 bridgehead atoms. The lowest BCUT2D eigenvalue weighted by molar-refractivity contribution is -0.294. The van der Waals surface area contributed by atoms with Gasteiger partial charge in [-0.15, -0.1) is 0 Å². The van der Waals surface area contributed by atoms with E-state index < -0.39 is 44.6 Å². The summed E-state index contributed by atoms with van der Waals surface area (Å²) in [5.41, 5.74) is -4.54. The fraction of sp³-hybridized carbons (Fsp3) is 0.714. The molecule has 10 heteroatoms. The van der Waals surface area contributed by atoms with Crippen molar-refractivity contribution in [2.75, 3.05) is 0 Å². The average molecular weight is 282 g/mol. The first-order chi connectivity index (χ1) is 7.39. The highest BCUT2D eigenvalue weighted by Gasteiger charge is 2.90. The summed E-state index contributed by atoms with van der Waals surface area (Å²) in [5, 5.41) is 0. The minimum absolute atomic E-state index is 0.483. The van der Waals surface area contributed by atoms with Crippen molar-refractivity contribution in [3.8, 4) is 0 Å². The average Bonchev–Trinajstić information content (AvgIpc) is 2.69. The van der Waals surface area contributed by atoms with Crippen LogP contribution in [-0.4, -0.2) is 31.4 Å². The number of rotatable bonds is 1. The second-order valence-corrected chi connectivity index (χ2v) is 4.36. The maximum atomic E-state index is 12.4. The van der Waals surface area contributed by atoms with Crippen molar-refractivity contribution in [2.24, 2.45) is 11.3 Å². The molecule has 1 rings (SSSR count). The third-order valence-electron chi connectivity index (χ3n) is 2.48. The predicted octanol–water partition coefficient (Wildman–Crippen LogP) is 1.37. The summed E-state index contributed by atoms with van der Waals surface area (Å²) in [7, 11) is -3.71. The predicted molar refractivity (Wildman–Crippen MR) is 42.6 cm³/mol. The lowest BCUT2D eigenvalue weighted by atomic mass is 10.0. The summed E-state index contributed by atoms with van der Waals surface area (Å²) in [6.07, 6.45) is -11.8. The number of ketones is 1. The van der Waals surface area contributed by atoms with Gasteiger partial charge in [0, 0.05) is 0 Å². The maximum Gasteiger partial charge on any atom is 0.408 e. The van der Waals surface area contributed by atoms with Crippen LogP contribution in [0.4, 0.5) is 26.3 Å². The van der Waals surface area contributed by atoms with Crippen molar-refractivity contribution in [3.63, 3.8) is 0 Å². The van der Waals surface area contributed by atoms with Crippen molar-refractivity contribution >= 4 is 20.9 Å². The standard InChI is InChI=1S/C7H4F6O3S/c1-2(14)3-4(17(15)16)5(3,6(8,9)10)7(11,12)13/h3H,1H3. The van der Waals surface area contributed by atoms with E-state index in [0.29, 0.717) is 6.92 Å². The lowest BCUT2D eigenvalue weighted by Crippen LogP contribution is -2.42. The zero-order valence-corrected chi connectivity index (χ0v) is 8.79. The minimum atomic E-state index is -5.88. The molecule has 0 aromatic carbocycles. The summed E-state index contributed by atoms with van der Waals surface area (Å²) in [6, 6.07) is 0. The summed E-state index contributed by atoms with van der Waals surface area (Å²) in [6.45, 7) is 0.483. The van der Waals surface area contributed by atoms with Gasteiger partial charge in [-0.3, -0.25) is 4.79 Å². The second kappa shape index (κ2) is 3.47. The van der Waals surface area contributed by atoms with Gasteiger partial charge in [0.15, 0.2) is 0 Å². The highest BCUT2D eigenvalue weighted by molar-refractivity contribution is 7.74. The molecule has 17 heavy (non-hydrogen) atoms. The van der Waals surface area contributed by atoms with Gasteiger partial charge >= 0.3 is 12.4 Å². The van der Waals surface area contributed by atoms with Crippen molar-refractivity contribution in [3.05, 3.63) is 0 Å². The number of hydrogen-bond donors (Lipinski definition) is 0. The van der Waals surface area contributed by atoms with Gasteiger partial charge < -0.3 is 0 Å². The van der Waals surface area contributed by atoms with Crippen LogP contribution in [-0.2, 0) is 15.1 Å². The van der Waals surface area contributed by atoms with E-state index in [9.17, 15) is 39.6 Å². The zero-order chi connectivity index (χ0) is 13.8. The van der Waals surface area contributed by atoms with Crippen LogP contribution in [0.5, 0.6) is 0 Å². The van der Waals surface area contributed by atoms with Crippen LogP contribution in [0.15, 0.2) is 0 Å². The molecular formula is C7H4F6O3S. The van der Waals surface area contributed by atoms with Gasteiger partial charge in [0.1, 0.15) is 5.78 Å². The molecule has 1 aliphatic rings. The van der Waals surface area contributed by atoms with Gasteiger partial charge in [-0.1, -0.05) is 0 Å². The van der Waals surface area contributed by atoms with Gasteiger partial charge in [-0.25, -0.2) is 0 Å². The van der Waals surface area contributed by atoms with Crippen molar-refractivity contribution in [1.82, 2.24) is 0 Å². The Hall–Kier alpha value is -1.06. The largest absolute Gasteiger partial charge is 0.408 e. The number of carbonyl (C=O) groups excluding carboxylic acids is 1. The van der Waals surface area contributed by atoms with Gasteiger partial charge in [0.05, 0.1) is 10.8 Å². The Bertz CT molecular complexity index is 475. The summed E-state index contributed by atoms with van der Waals surface area (Å²) in [4.78, 5) is 8.88. The molecule has 1 aliphatic carbocycles. The molecule has 0 aromatic heterocycles. The molecule has 1 unspecified atom stereocenters. The van der Waals surface area contributed by atoms with Crippen LogP contribution in [0.25, 0.3) is 0 Å². The van der Waals surface area contributed by atoms with Gasteiger partial charge in [0.25, 0.3) is 0 Å². The van der Waals surface area contributed by atoms with E-state index in [1.165, 1.54) is 0 Å². The first-order valence-corrected chi connectivity index (χ1v) is 5.07. The Morgan fingerprint density at radius 1 is 1.12 bits per heavy atom. The molecule has 98 valence electrons. The Balaban J connectivity index is 3.62. The van der Waals surface area contributed by atoms with Gasteiger partial charge in [0.2, 0.25) is 15.7 Å². The normalized spacial score (nSPS) is 23.5. The Morgan fingerprint density at radius 2 is 1.47 bits per heavy atom. The van der Waals surface area contributed by atoms with E-state index in [-0.39, 0.29) is 0 Å². The molecule has 0 aromatic rings. The van der Waals surface area contributed by atoms with E-state index in [2.05, 4.69) is 0 Å². The summed E-state index contributed by atoms with van der Waals surface area (Å²) < 4.78 is 95.5.